The summed E-state index contributed by atoms with van der Waals surface area (Å²) in [7, 11) is 0. The van der Waals surface area contributed by atoms with Gasteiger partial charge in [0.2, 0.25) is 0 Å². The van der Waals surface area contributed by atoms with Crippen molar-refractivity contribution in [3.8, 4) is 11.5 Å². The summed E-state index contributed by atoms with van der Waals surface area (Å²) in [5.74, 6) is 1.48. The van der Waals surface area contributed by atoms with E-state index in [1.165, 1.54) is 0 Å². The van der Waals surface area contributed by atoms with Crippen LogP contribution in [0.15, 0.2) is 73.3 Å². The van der Waals surface area contributed by atoms with Crippen molar-refractivity contribution < 1.29 is 14.6 Å². The van der Waals surface area contributed by atoms with E-state index in [4.69, 9.17) is 9.47 Å². The van der Waals surface area contributed by atoms with Crippen LogP contribution in [-0.4, -0.2) is 30.6 Å². The molecule has 22 heavy (non-hydrogen) atoms. The molecule has 4 heteroatoms. The fourth-order valence-electron chi connectivity index (χ4n) is 1.84. The number of aliphatic hydroxyl groups excluding tert-OH is 1. The maximum absolute atomic E-state index is 9.94. The lowest BCUT2D eigenvalue weighted by atomic mass is 10.3. The Morgan fingerprint density at radius 2 is 1.59 bits per heavy atom. The van der Waals surface area contributed by atoms with Gasteiger partial charge in [-0.25, -0.2) is 0 Å². The molecule has 116 valence electrons. The van der Waals surface area contributed by atoms with Crippen LogP contribution in [0.1, 0.15) is 0 Å². The molecular weight excluding hydrogens is 278 g/mol. The highest BCUT2D eigenvalue weighted by Gasteiger charge is 2.10. The first kappa shape index (κ1) is 16.1. The topological polar surface area (TPSA) is 50.7 Å². The van der Waals surface area contributed by atoms with E-state index in [-0.39, 0.29) is 12.8 Å². The molecule has 0 bridgehead atoms. The molecule has 0 radical (unpaired) electrons. The number of nitrogens with one attached hydrogen (secondary N) is 1. The minimum absolute atomic E-state index is 0.214. The summed E-state index contributed by atoms with van der Waals surface area (Å²) in [6.45, 7) is 4.29. The van der Waals surface area contributed by atoms with E-state index in [9.17, 15) is 5.11 Å². The van der Waals surface area contributed by atoms with Gasteiger partial charge in [0, 0.05) is 6.54 Å². The molecule has 0 saturated carbocycles. The highest BCUT2D eigenvalue weighted by molar-refractivity contribution is 5.22. The van der Waals surface area contributed by atoms with E-state index in [1.54, 1.807) is 6.08 Å². The molecule has 0 amide bonds. The largest absolute Gasteiger partial charge is 0.491 e. The van der Waals surface area contributed by atoms with Crippen molar-refractivity contribution in [1.82, 2.24) is 5.32 Å². The maximum atomic E-state index is 9.94. The minimum Gasteiger partial charge on any atom is -0.491 e. The number of aliphatic hydroxyl groups is 1. The van der Waals surface area contributed by atoms with Gasteiger partial charge in [0.1, 0.15) is 24.2 Å². The molecule has 4 nitrogen and oxygen atoms in total. The van der Waals surface area contributed by atoms with Gasteiger partial charge in [0.15, 0.2) is 6.23 Å². The first-order valence-electron chi connectivity index (χ1n) is 7.21. The first-order valence-corrected chi connectivity index (χ1v) is 7.21. The van der Waals surface area contributed by atoms with Crippen molar-refractivity contribution >= 4 is 0 Å². The van der Waals surface area contributed by atoms with E-state index in [0.29, 0.717) is 6.54 Å². The van der Waals surface area contributed by atoms with Gasteiger partial charge in [-0.05, 0) is 30.3 Å². The molecule has 0 aliphatic heterocycles. The molecule has 0 fully saturated rings. The Balaban J connectivity index is 1.72. The Hall–Kier alpha value is -2.30. The molecule has 2 aromatic carbocycles. The lowest BCUT2D eigenvalue weighted by molar-refractivity contribution is 0.0917. The SMILES string of the molecule is C=CC(NCC(O)COc1ccccc1)Oc1ccccc1. The second kappa shape index (κ2) is 8.87. The highest BCUT2D eigenvalue weighted by Crippen LogP contribution is 2.11. The Bertz CT molecular complexity index is 545. The fourth-order valence-corrected chi connectivity index (χ4v) is 1.84. The monoisotopic (exact) mass is 299 g/mol. The summed E-state index contributed by atoms with van der Waals surface area (Å²) in [6.07, 6.45) is 0.647. The zero-order valence-corrected chi connectivity index (χ0v) is 12.4. The van der Waals surface area contributed by atoms with Gasteiger partial charge in [-0.15, -0.1) is 0 Å². The Morgan fingerprint density at radius 1 is 1.00 bits per heavy atom. The summed E-state index contributed by atoms with van der Waals surface area (Å²) < 4.78 is 11.2. The van der Waals surface area contributed by atoms with Gasteiger partial charge in [-0.2, -0.15) is 0 Å². The molecule has 2 rings (SSSR count). The molecule has 2 unspecified atom stereocenters. The predicted octanol–water partition coefficient (Wildman–Crippen LogP) is 2.61. The van der Waals surface area contributed by atoms with E-state index in [1.807, 2.05) is 60.7 Å². The van der Waals surface area contributed by atoms with Crippen LogP contribution in [0.3, 0.4) is 0 Å². The fraction of sp³-hybridized carbons (Fsp3) is 0.222. The number of rotatable bonds is 9. The summed E-state index contributed by atoms with van der Waals surface area (Å²) >= 11 is 0. The zero-order chi connectivity index (χ0) is 15.6. The Morgan fingerprint density at radius 3 is 2.18 bits per heavy atom. The molecule has 0 heterocycles. The van der Waals surface area contributed by atoms with Crippen LogP contribution in [0.4, 0.5) is 0 Å². The van der Waals surface area contributed by atoms with Crippen molar-refractivity contribution in [3.05, 3.63) is 73.3 Å². The number of hydrogen-bond acceptors (Lipinski definition) is 4. The molecule has 0 spiro atoms. The summed E-state index contributed by atoms with van der Waals surface area (Å²) in [5.41, 5.74) is 0. The quantitative estimate of drug-likeness (QED) is 0.552. The number of para-hydroxylation sites is 2. The van der Waals surface area contributed by atoms with Crippen LogP contribution in [-0.2, 0) is 0 Å². The third-order valence-corrected chi connectivity index (χ3v) is 2.96. The second-order valence-corrected chi connectivity index (χ2v) is 4.77. The van der Waals surface area contributed by atoms with Gasteiger partial charge in [-0.1, -0.05) is 43.0 Å². The summed E-state index contributed by atoms with van der Waals surface area (Å²) in [5, 5.41) is 13.0. The van der Waals surface area contributed by atoms with E-state index in [0.717, 1.165) is 11.5 Å². The van der Waals surface area contributed by atoms with Gasteiger partial charge in [-0.3, -0.25) is 5.32 Å². The van der Waals surface area contributed by atoms with Crippen LogP contribution >= 0.6 is 0 Å². The van der Waals surface area contributed by atoms with Crippen LogP contribution in [0.5, 0.6) is 11.5 Å². The van der Waals surface area contributed by atoms with Crippen LogP contribution < -0.4 is 14.8 Å². The van der Waals surface area contributed by atoms with Crippen molar-refractivity contribution in [1.29, 1.82) is 0 Å². The number of ether oxygens (including phenoxy) is 2. The minimum atomic E-state index is -0.637. The lowest BCUT2D eigenvalue weighted by Crippen LogP contribution is -2.40. The van der Waals surface area contributed by atoms with Gasteiger partial charge >= 0.3 is 0 Å². The summed E-state index contributed by atoms with van der Waals surface area (Å²) in [4.78, 5) is 0. The standard InChI is InChI=1S/C18H21NO3/c1-2-18(22-17-11-7-4-8-12-17)19-13-15(20)14-21-16-9-5-3-6-10-16/h2-12,15,18-20H,1,13-14H2. The molecule has 0 saturated heterocycles. The number of hydrogen-bond donors (Lipinski definition) is 2. The average Bonchev–Trinajstić information content (AvgIpc) is 2.58. The zero-order valence-electron chi connectivity index (χ0n) is 12.4. The molecule has 2 atom stereocenters. The maximum Gasteiger partial charge on any atom is 0.169 e. The van der Waals surface area contributed by atoms with Gasteiger partial charge in [0.05, 0.1) is 0 Å². The second-order valence-electron chi connectivity index (χ2n) is 4.77. The van der Waals surface area contributed by atoms with Crippen molar-refractivity contribution in [2.75, 3.05) is 13.2 Å². The molecular formula is C18H21NO3. The van der Waals surface area contributed by atoms with Crippen LogP contribution in [0.2, 0.25) is 0 Å². The van der Waals surface area contributed by atoms with Crippen molar-refractivity contribution in [3.63, 3.8) is 0 Å². The van der Waals surface area contributed by atoms with E-state index < -0.39 is 6.10 Å². The van der Waals surface area contributed by atoms with E-state index >= 15 is 0 Å². The Kier molecular flexibility index (Phi) is 6.48. The summed E-state index contributed by atoms with van der Waals surface area (Å²) in [6, 6.07) is 18.9. The van der Waals surface area contributed by atoms with Crippen molar-refractivity contribution in [2.24, 2.45) is 0 Å². The molecule has 0 aliphatic carbocycles. The van der Waals surface area contributed by atoms with Gasteiger partial charge in [0.25, 0.3) is 0 Å². The lowest BCUT2D eigenvalue weighted by Gasteiger charge is -2.19. The van der Waals surface area contributed by atoms with Crippen molar-refractivity contribution in [2.45, 2.75) is 12.3 Å². The normalized spacial score (nSPS) is 13.1. The molecule has 2 N–H and O–H groups in total. The first-order chi connectivity index (χ1) is 10.8. The predicted molar refractivity (Wildman–Crippen MR) is 87.0 cm³/mol. The van der Waals surface area contributed by atoms with Crippen LogP contribution in [0.25, 0.3) is 0 Å². The molecule has 0 aromatic heterocycles. The molecule has 2 aromatic rings. The third-order valence-electron chi connectivity index (χ3n) is 2.96. The van der Waals surface area contributed by atoms with Crippen LogP contribution in [0, 0.1) is 0 Å². The number of benzene rings is 2. The smallest absolute Gasteiger partial charge is 0.169 e. The van der Waals surface area contributed by atoms with E-state index in [2.05, 4.69) is 11.9 Å². The Labute approximate surface area is 131 Å². The highest BCUT2D eigenvalue weighted by atomic mass is 16.5. The third kappa shape index (κ3) is 5.60. The average molecular weight is 299 g/mol. The molecule has 0 aliphatic rings. The van der Waals surface area contributed by atoms with Gasteiger partial charge < -0.3 is 14.6 Å².